The van der Waals surface area contributed by atoms with Crippen LogP contribution in [0.5, 0.6) is 0 Å². The van der Waals surface area contributed by atoms with Crippen molar-refractivity contribution in [1.82, 2.24) is 9.47 Å². The fourth-order valence-electron chi connectivity index (χ4n) is 3.49. The maximum atomic E-state index is 13.1. The second kappa shape index (κ2) is 9.69. The normalized spacial score (nSPS) is 15.4. The van der Waals surface area contributed by atoms with Crippen molar-refractivity contribution in [2.45, 2.75) is 25.3 Å². The first kappa shape index (κ1) is 23.1. The fraction of sp³-hybridized carbons (Fsp3) is 0.217. The number of aliphatic carboxylic acids is 1. The number of nitrogens with two attached hydrogens (primary N) is 1. The first-order chi connectivity index (χ1) is 15.2. The minimum Gasteiger partial charge on any atom is -0.475 e. The number of alkyl halides is 3. The quantitative estimate of drug-likeness (QED) is 0.642. The Balaban J connectivity index is 0.000000360. The third-order valence-electron chi connectivity index (χ3n) is 5.01. The zero-order valence-electron chi connectivity index (χ0n) is 17.0. The van der Waals surface area contributed by atoms with Crippen LogP contribution in [0.3, 0.4) is 0 Å². The molecule has 1 amide bonds. The molecule has 1 atom stereocenters. The van der Waals surface area contributed by atoms with Crippen LogP contribution in [-0.4, -0.2) is 39.2 Å². The highest BCUT2D eigenvalue weighted by molar-refractivity contribution is 5.93. The van der Waals surface area contributed by atoms with Gasteiger partial charge in [-0.2, -0.15) is 13.2 Å². The lowest BCUT2D eigenvalue weighted by Gasteiger charge is -2.33. The summed E-state index contributed by atoms with van der Waals surface area (Å²) in [5.41, 5.74) is 10.4. The standard InChI is InChI=1S/C21H21N3O.C2HF3O2/c22-19-15-24(14-17-9-4-5-10-18(17)19)21(25)20-11-6-12-23(20)13-16-7-2-1-3-8-16;3-2(4,5)1(6)7/h1-12,19H,13-15,22H2;(H,6,7). The van der Waals surface area contributed by atoms with Crippen LogP contribution < -0.4 is 5.73 Å². The number of halogens is 3. The van der Waals surface area contributed by atoms with Crippen LogP contribution in [0.25, 0.3) is 0 Å². The Morgan fingerprint density at radius 2 is 1.62 bits per heavy atom. The number of amides is 1. The van der Waals surface area contributed by atoms with Crippen molar-refractivity contribution in [3.8, 4) is 0 Å². The van der Waals surface area contributed by atoms with Crippen molar-refractivity contribution >= 4 is 11.9 Å². The summed E-state index contributed by atoms with van der Waals surface area (Å²) in [6.07, 6.45) is -3.13. The summed E-state index contributed by atoms with van der Waals surface area (Å²) >= 11 is 0. The van der Waals surface area contributed by atoms with E-state index in [4.69, 9.17) is 15.6 Å². The van der Waals surface area contributed by atoms with Gasteiger partial charge in [0.15, 0.2) is 0 Å². The van der Waals surface area contributed by atoms with E-state index >= 15 is 0 Å². The first-order valence-corrected chi connectivity index (χ1v) is 9.78. The molecule has 1 unspecified atom stereocenters. The minimum atomic E-state index is -5.08. The molecule has 1 aliphatic rings. The summed E-state index contributed by atoms with van der Waals surface area (Å²) in [4.78, 5) is 23.8. The predicted octanol–water partition coefficient (Wildman–Crippen LogP) is 3.83. The van der Waals surface area contributed by atoms with Crippen molar-refractivity contribution in [1.29, 1.82) is 0 Å². The lowest BCUT2D eigenvalue weighted by atomic mass is 9.96. The second-order valence-corrected chi connectivity index (χ2v) is 7.30. The van der Waals surface area contributed by atoms with E-state index in [1.807, 2.05) is 58.1 Å². The molecule has 0 spiro atoms. The lowest BCUT2D eigenvalue weighted by molar-refractivity contribution is -0.192. The smallest absolute Gasteiger partial charge is 0.475 e. The Hall–Kier alpha value is -3.59. The van der Waals surface area contributed by atoms with Gasteiger partial charge in [0.25, 0.3) is 5.91 Å². The van der Waals surface area contributed by atoms with Gasteiger partial charge in [0.05, 0.1) is 0 Å². The number of carbonyl (C=O) groups is 2. The van der Waals surface area contributed by atoms with E-state index < -0.39 is 12.1 Å². The summed E-state index contributed by atoms with van der Waals surface area (Å²) in [5.74, 6) is -2.72. The predicted molar refractivity (Wildman–Crippen MR) is 112 cm³/mol. The molecule has 0 aliphatic carbocycles. The van der Waals surface area contributed by atoms with E-state index in [9.17, 15) is 18.0 Å². The largest absolute Gasteiger partial charge is 0.490 e. The number of hydrogen-bond donors (Lipinski definition) is 2. The van der Waals surface area contributed by atoms with E-state index in [0.29, 0.717) is 25.3 Å². The molecule has 2 aromatic carbocycles. The first-order valence-electron chi connectivity index (χ1n) is 9.78. The van der Waals surface area contributed by atoms with Gasteiger partial charge in [-0.25, -0.2) is 4.79 Å². The minimum absolute atomic E-state index is 0.0332. The molecule has 1 aromatic heterocycles. The number of carboxylic acids is 1. The zero-order valence-corrected chi connectivity index (χ0v) is 17.0. The molecule has 6 nitrogen and oxygen atoms in total. The maximum absolute atomic E-state index is 13.1. The molecule has 168 valence electrons. The van der Waals surface area contributed by atoms with Crippen LogP contribution in [0.1, 0.15) is 33.2 Å². The van der Waals surface area contributed by atoms with Gasteiger partial charge >= 0.3 is 12.1 Å². The lowest BCUT2D eigenvalue weighted by Crippen LogP contribution is -2.41. The van der Waals surface area contributed by atoms with Gasteiger partial charge in [-0.3, -0.25) is 4.79 Å². The highest BCUT2D eigenvalue weighted by atomic mass is 19.4. The Bertz CT molecular complexity index is 1080. The number of carboxylic acid groups (broad SMARTS) is 1. The molecule has 0 bridgehead atoms. The molecule has 0 fully saturated rings. The van der Waals surface area contributed by atoms with Crippen molar-refractivity contribution in [2.24, 2.45) is 5.73 Å². The van der Waals surface area contributed by atoms with E-state index in [0.717, 1.165) is 11.1 Å². The van der Waals surface area contributed by atoms with E-state index in [-0.39, 0.29) is 11.9 Å². The van der Waals surface area contributed by atoms with Crippen molar-refractivity contribution in [3.05, 3.63) is 95.3 Å². The highest BCUT2D eigenvalue weighted by Crippen LogP contribution is 2.26. The number of hydrogen-bond acceptors (Lipinski definition) is 3. The summed E-state index contributed by atoms with van der Waals surface area (Å²) < 4.78 is 33.7. The van der Waals surface area contributed by atoms with Crippen LogP contribution in [0.15, 0.2) is 72.9 Å². The summed E-state index contributed by atoms with van der Waals surface area (Å²) in [6.45, 7) is 1.84. The van der Waals surface area contributed by atoms with Gasteiger partial charge in [-0.05, 0) is 28.8 Å². The molecule has 0 saturated heterocycles. The van der Waals surface area contributed by atoms with Gasteiger partial charge in [0.1, 0.15) is 5.69 Å². The van der Waals surface area contributed by atoms with Crippen molar-refractivity contribution in [2.75, 3.05) is 6.54 Å². The van der Waals surface area contributed by atoms with Gasteiger partial charge in [0.2, 0.25) is 0 Å². The molecule has 0 saturated carbocycles. The Morgan fingerprint density at radius 1 is 1.00 bits per heavy atom. The van der Waals surface area contributed by atoms with Crippen LogP contribution in [0.2, 0.25) is 0 Å². The summed E-state index contributed by atoms with van der Waals surface area (Å²) in [5, 5.41) is 7.12. The molecule has 32 heavy (non-hydrogen) atoms. The molecule has 3 aromatic rings. The number of benzene rings is 2. The number of fused-ring (bicyclic) bond motifs is 1. The van der Waals surface area contributed by atoms with Crippen LogP contribution in [0, 0.1) is 0 Å². The summed E-state index contributed by atoms with van der Waals surface area (Å²) in [6, 6.07) is 22.0. The fourth-order valence-corrected chi connectivity index (χ4v) is 3.49. The molecular weight excluding hydrogens is 423 g/mol. The molecule has 1 aliphatic heterocycles. The average Bonchev–Trinajstić information content (AvgIpc) is 3.21. The highest BCUT2D eigenvalue weighted by Gasteiger charge is 2.38. The van der Waals surface area contributed by atoms with Gasteiger partial charge in [0, 0.05) is 31.9 Å². The van der Waals surface area contributed by atoms with Crippen LogP contribution in [-0.2, 0) is 17.9 Å². The van der Waals surface area contributed by atoms with Gasteiger partial charge in [-0.1, -0.05) is 54.6 Å². The third-order valence-corrected chi connectivity index (χ3v) is 5.01. The third kappa shape index (κ3) is 5.55. The Labute approximate surface area is 182 Å². The molecular formula is C23H22F3N3O3. The second-order valence-electron chi connectivity index (χ2n) is 7.30. The molecule has 3 N–H and O–H groups in total. The number of nitrogens with zero attached hydrogens (tertiary/aromatic N) is 2. The summed E-state index contributed by atoms with van der Waals surface area (Å²) in [7, 11) is 0. The molecule has 9 heteroatoms. The number of aromatic nitrogens is 1. The van der Waals surface area contributed by atoms with Crippen LogP contribution in [0.4, 0.5) is 13.2 Å². The Kier molecular flexibility index (Phi) is 6.99. The molecule has 4 rings (SSSR count). The average molecular weight is 445 g/mol. The molecule has 2 heterocycles. The Morgan fingerprint density at radius 3 is 2.28 bits per heavy atom. The number of carbonyl (C=O) groups excluding carboxylic acids is 1. The number of rotatable bonds is 3. The monoisotopic (exact) mass is 445 g/mol. The van der Waals surface area contributed by atoms with Gasteiger partial charge < -0.3 is 20.3 Å². The van der Waals surface area contributed by atoms with Gasteiger partial charge in [-0.15, -0.1) is 0 Å². The van der Waals surface area contributed by atoms with E-state index in [2.05, 4.69) is 24.3 Å². The zero-order chi connectivity index (χ0) is 23.3. The van der Waals surface area contributed by atoms with E-state index in [1.54, 1.807) is 0 Å². The van der Waals surface area contributed by atoms with Crippen molar-refractivity contribution in [3.63, 3.8) is 0 Å². The van der Waals surface area contributed by atoms with E-state index in [1.165, 1.54) is 5.56 Å². The topological polar surface area (TPSA) is 88.6 Å². The van der Waals surface area contributed by atoms with Crippen molar-refractivity contribution < 1.29 is 27.9 Å². The maximum Gasteiger partial charge on any atom is 0.490 e. The molecule has 0 radical (unpaired) electrons. The SMILES string of the molecule is NC1CN(C(=O)c2cccn2Cc2ccccc2)Cc2ccccc21.O=C(O)C(F)(F)F. The van der Waals surface area contributed by atoms with Crippen LogP contribution >= 0.6 is 0 Å².